The first kappa shape index (κ1) is 16.4. The van der Waals surface area contributed by atoms with Gasteiger partial charge in [-0.3, -0.25) is 10.1 Å². The summed E-state index contributed by atoms with van der Waals surface area (Å²) in [5.41, 5.74) is 3.21. The molecule has 2 aromatic carbocycles. The number of aryl methyl sites for hydroxylation is 1. The number of hydrogen-bond donors (Lipinski definition) is 1. The molecule has 132 valence electrons. The Morgan fingerprint density at radius 2 is 1.96 bits per heavy atom. The number of carbonyl (C=O) groups excluding carboxylic acids is 1. The maximum Gasteiger partial charge on any atom is 0.294 e. The maximum absolute atomic E-state index is 12.9. The Balaban J connectivity index is 1.75. The normalized spacial score (nSPS) is 11.3. The van der Waals surface area contributed by atoms with E-state index in [1.54, 1.807) is 7.11 Å². The Hall–Kier alpha value is -3.12. The summed E-state index contributed by atoms with van der Waals surface area (Å²) in [4.78, 5) is 17.4. The quantitative estimate of drug-likeness (QED) is 0.586. The molecule has 0 saturated heterocycles. The molecule has 0 aliphatic rings. The van der Waals surface area contributed by atoms with E-state index in [1.807, 2.05) is 60.0 Å². The van der Waals surface area contributed by atoms with Crippen molar-refractivity contribution in [2.75, 3.05) is 12.4 Å². The van der Waals surface area contributed by atoms with E-state index in [0.717, 1.165) is 22.0 Å². The lowest BCUT2D eigenvalue weighted by atomic mass is 10.1. The number of methoxy groups -OCH3 is 1. The molecule has 0 bridgehead atoms. The second-order valence-corrected chi connectivity index (χ2v) is 5.96. The van der Waals surface area contributed by atoms with E-state index in [0.29, 0.717) is 24.7 Å². The number of hydrogen-bond acceptors (Lipinski definition) is 4. The lowest BCUT2D eigenvalue weighted by Crippen LogP contribution is -2.16. The summed E-state index contributed by atoms with van der Waals surface area (Å²) in [5, 5.41) is 3.77. The number of benzene rings is 2. The predicted octanol–water partition coefficient (Wildman–Crippen LogP) is 4.20. The lowest BCUT2D eigenvalue weighted by Gasteiger charge is -2.07. The molecule has 2 aromatic heterocycles. The van der Waals surface area contributed by atoms with Crippen molar-refractivity contribution in [1.29, 1.82) is 0 Å². The predicted molar refractivity (Wildman–Crippen MR) is 100 cm³/mol. The summed E-state index contributed by atoms with van der Waals surface area (Å²) in [6.07, 6.45) is 0. The van der Waals surface area contributed by atoms with E-state index >= 15 is 0 Å². The highest BCUT2D eigenvalue weighted by atomic mass is 16.5. The average Bonchev–Trinajstić information content (AvgIpc) is 3.20. The van der Waals surface area contributed by atoms with Gasteiger partial charge in [0.1, 0.15) is 5.58 Å². The van der Waals surface area contributed by atoms with Crippen LogP contribution in [0.4, 0.5) is 5.95 Å². The van der Waals surface area contributed by atoms with Crippen LogP contribution in [0.25, 0.3) is 22.0 Å². The van der Waals surface area contributed by atoms with Crippen LogP contribution >= 0.6 is 0 Å². The number of nitrogens with zero attached hydrogens (tertiary/aromatic N) is 2. The highest BCUT2D eigenvalue weighted by Gasteiger charge is 2.22. The van der Waals surface area contributed by atoms with Gasteiger partial charge < -0.3 is 13.7 Å². The maximum atomic E-state index is 12.9. The third-order valence-electron chi connectivity index (χ3n) is 4.39. The molecule has 0 spiro atoms. The van der Waals surface area contributed by atoms with Crippen molar-refractivity contribution in [3.05, 3.63) is 59.9 Å². The molecule has 0 atom stereocenters. The van der Waals surface area contributed by atoms with Crippen LogP contribution in [-0.2, 0) is 17.9 Å². The summed E-state index contributed by atoms with van der Waals surface area (Å²) in [5.74, 6) is 0.420. The molecule has 4 rings (SSSR count). The molecule has 0 fully saturated rings. The Bertz CT molecular complexity index is 1090. The second-order valence-electron chi connectivity index (χ2n) is 5.96. The standard InChI is InChI=1S/C20H19N3O3/c1-3-23-16-10-6-5-9-15(16)21-20(23)22-19(24)18-14(12-25-2)13-8-4-7-11-17(13)26-18/h4-11H,3,12H2,1-2H3,(H,21,22,24). The van der Waals surface area contributed by atoms with Crippen LogP contribution in [-0.4, -0.2) is 22.6 Å². The molecule has 0 aliphatic carbocycles. The zero-order chi connectivity index (χ0) is 18.1. The molecule has 0 saturated carbocycles. The van der Waals surface area contributed by atoms with E-state index in [9.17, 15) is 4.79 Å². The number of ether oxygens (including phenoxy) is 1. The average molecular weight is 349 g/mol. The molecule has 1 N–H and O–H groups in total. The SMILES string of the molecule is CCn1c(NC(=O)c2oc3ccccc3c2COC)nc2ccccc21. The van der Waals surface area contributed by atoms with Crippen molar-refractivity contribution >= 4 is 33.9 Å². The summed E-state index contributed by atoms with van der Waals surface area (Å²) >= 11 is 0. The van der Waals surface area contributed by atoms with E-state index in [4.69, 9.17) is 9.15 Å². The molecule has 2 heterocycles. The van der Waals surface area contributed by atoms with Crippen molar-refractivity contribution in [2.45, 2.75) is 20.1 Å². The number of anilines is 1. The van der Waals surface area contributed by atoms with Gasteiger partial charge in [0.05, 0.1) is 17.6 Å². The van der Waals surface area contributed by atoms with Gasteiger partial charge in [-0.05, 0) is 25.1 Å². The molecular weight excluding hydrogens is 330 g/mol. The fourth-order valence-corrected chi connectivity index (χ4v) is 3.22. The minimum atomic E-state index is -0.335. The van der Waals surface area contributed by atoms with E-state index < -0.39 is 0 Å². The minimum absolute atomic E-state index is 0.253. The van der Waals surface area contributed by atoms with Gasteiger partial charge in [0, 0.05) is 24.6 Å². The first-order valence-corrected chi connectivity index (χ1v) is 8.49. The van der Waals surface area contributed by atoms with Gasteiger partial charge in [0.2, 0.25) is 5.95 Å². The van der Waals surface area contributed by atoms with Gasteiger partial charge in [-0.25, -0.2) is 4.98 Å². The van der Waals surface area contributed by atoms with Crippen molar-refractivity contribution in [3.63, 3.8) is 0 Å². The smallest absolute Gasteiger partial charge is 0.294 e. The Morgan fingerprint density at radius 1 is 1.19 bits per heavy atom. The highest BCUT2D eigenvalue weighted by molar-refractivity contribution is 6.06. The van der Waals surface area contributed by atoms with Crippen LogP contribution in [0.2, 0.25) is 0 Å². The molecule has 6 nitrogen and oxygen atoms in total. The van der Waals surface area contributed by atoms with Gasteiger partial charge >= 0.3 is 0 Å². The van der Waals surface area contributed by atoms with Crippen LogP contribution < -0.4 is 5.32 Å². The fraction of sp³-hybridized carbons (Fsp3) is 0.200. The Kier molecular flexibility index (Phi) is 4.18. The number of carbonyl (C=O) groups is 1. The van der Waals surface area contributed by atoms with Crippen LogP contribution in [0.5, 0.6) is 0 Å². The molecular formula is C20H19N3O3. The van der Waals surface area contributed by atoms with Crippen LogP contribution in [0.1, 0.15) is 23.0 Å². The molecule has 0 aliphatic heterocycles. The number of fused-ring (bicyclic) bond motifs is 2. The zero-order valence-electron chi connectivity index (χ0n) is 14.7. The number of amides is 1. The highest BCUT2D eigenvalue weighted by Crippen LogP contribution is 2.28. The van der Waals surface area contributed by atoms with Gasteiger partial charge in [0.25, 0.3) is 5.91 Å². The number of aromatic nitrogens is 2. The second kappa shape index (κ2) is 6.65. The number of furan rings is 1. The van der Waals surface area contributed by atoms with Gasteiger partial charge in [0.15, 0.2) is 5.76 Å². The van der Waals surface area contributed by atoms with E-state index in [1.165, 1.54) is 0 Å². The summed E-state index contributed by atoms with van der Waals surface area (Å²) in [7, 11) is 1.60. The number of imidazole rings is 1. The van der Waals surface area contributed by atoms with E-state index in [2.05, 4.69) is 10.3 Å². The molecule has 1 amide bonds. The van der Waals surface area contributed by atoms with Crippen molar-refractivity contribution in [3.8, 4) is 0 Å². The number of rotatable bonds is 5. The topological polar surface area (TPSA) is 69.3 Å². The van der Waals surface area contributed by atoms with Crippen molar-refractivity contribution in [1.82, 2.24) is 9.55 Å². The number of para-hydroxylation sites is 3. The van der Waals surface area contributed by atoms with Crippen molar-refractivity contribution in [2.24, 2.45) is 0 Å². The summed E-state index contributed by atoms with van der Waals surface area (Å²) in [6, 6.07) is 15.3. The van der Waals surface area contributed by atoms with Crippen LogP contribution in [0.3, 0.4) is 0 Å². The molecule has 0 radical (unpaired) electrons. The Labute approximate surface area is 150 Å². The fourth-order valence-electron chi connectivity index (χ4n) is 3.22. The molecule has 6 heteroatoms. The lowest BCUT2D eigenvalue weighted by molar-refractivity contribution is 0.0991. The third kappa shape index (κ3) is 2.64. The molecule has 26 heavy (non-hydrogen) atoms. The summed E-state index contributed by atoms with van der Waals surface area (Å²) < 4.78 is 13.0. The van der Waals surface area contributed by atoms with Gasteiger partial charge in [-0.1, -0.05) is 30.3 Å². The van der Waals surface area contributed by atoms with Gasteiger partial charge in [-0.15, -0.1) is 0 Å². The molecule has 4 aromatic rings. The van der Waals surface area contributed by atoms with Gasteiger partial charge in [-0.2, -0.15) is 0 Å². The third-order valence-corrected chi connectivity index (χ3v) is 4.39. The largest absolute Gasteiger partial charge is 0.451 e. The van der Waals surface area contributed by atoms with Crippen LogP contribution in [0, 0.1) is 0 Å². The molecule has 0 unspecified atom stereocenters. The number of nitrogens with one attached hydrogen (secondary N) is 1. The van der Waals surface area contributed by atoms with E-state index in [-0.39, 0.29) is 11.7 Å². The first-order valence-electron chi connectivity index (χ1n) is 8.49. The zero-order valence-corrected chi connectivity index (χ0v) is 14.7. The minimum Gasteiger partial charge on any atom is -0.451 e. The summed E-state index contributed by atoms with van der Waals surface area (Å²) in [6.45, 7) is 3.01. The van der Waals surface area contributed by atoms with Crippen LogP contribution in [0.15, 0.2) is 52.9 Å². The monoisotopic (exact) mass is 349 g/mol. The Morgan fingerprint density at radius 3 is 2.77 bits per heavy atom. The van der Waals surface area contributed by atoms with Crippen molar-refractivity contribution < 1.29 is 13.9 Å². The first-order chi connectivity index (χ1) is 12.7.